The van der Waals surface area contributed by atoms with E-state index in [1.807, 2.05) is 0 Å². The first-order valence-corrected chi connectivity index (χ1v) is 12.2. The minimum atomic E-state index is -3.87. The van der Waals surface area contributed by atoms with Crippen LogP contribution in [0.2, 0.25) is 5.02 Å². The Hall–Kier alpha value is -2.47. The minimum absolute atomic E-state index is 0.0861. The Morgan fingerprint density at radius 1 is 1.19 bits per heavy atom. The van der Waals surface area contributed by atoms with E-state index < -0.39 is 27.6 Å². The summed E-state index contributed by atoms with van der Waals surface area (Å²) in [4.78, 5) is 12.3. The topological polar surface area (TPSA) is 92.3 Å². The van der Waals surface area contributed by atoms with Gasteiger partial charge >= 0.3 is 0 Å². The van der Waals surface area contributed by atoms with E-state index in [4.69, 9.17) is 11.6 Å². The van der Waals surface area contributed by atoms with Crippen LogP contribution in [0.1, 0.15) is 33.6 Å². The smallest absolute Gasteiger partial charge is 0.286 e. The molecule has 0 bridgehead atoms. The van der Waals surface area contributed by atoms with Crippen LogP contribution in [0.25, 0.3) is 0 Å². The molecule has 0 unspecified atom stereocenters. The lowest BCUT2D eigenvalue weighted by molar-refractivity contribution is 0.102. The third kappa shape index (κ3) is 4.80. The molecule has 7 nitrogen and oxygen atoms in total. The molecule has 1 aliphatic rings. The summed E-state index contributed by atoms with van der Waals surface area (Å²) in [6.45, 7) is 0.455. The fourth-order valence-electron chi connectivity index (χ4n) is 3.39. The summed E-state index contributed by atoms with van der Waals surface area (Å²) in [5, 5.41) is 10.9. The van der Waals surface area contributed by atoms with Crippen molar-refractivity contribution in [3.05, 3.63) is 69.1 Å². The number of carbonyl (C=O) groups is 1. The van der Waals surface area contributed by atoms with E-state index in [1.54, 1.807) is 6.07 Å². The van der Waals surface area contributed by atoms with Crippen LogP contribution in [0.5, 0.6) is 0 Å². The summed E-state index contributed by atoms with van der Waals surface area (Å²) >= 11 is 6.81. The average molecular weight is 499 g/mol. The molecule has 12 heteroatoms. The van der Waals surface area contributed by atoms with Crippen LogP contribution in [0.15, 0.2) is 47.4 Å². The standard InChI is InChI=1S/C20H17ClF2N4O3S2/c21-16-10-15(6-7-17(16)23)32(29,30)27-8-2-3-12(11-27)19-25-26-20(31-19)18(28)24-14-5-1-4-13(22)9-14/h1,4-7,9-10,12H,2-3,8,11H2,(H,24,28)/t12-/m0/s1. The largest absolute Gasteiger partial charge is 0.320 e. The maximum atomic E-state index is 13.4. The van der Waals surface area contributed by atoms with Crippen LogP contribution in [0.4, 0.5) is 14.5 Å². The van der Waals surface area contributed by atoms with Gasteiger partial charge in [0.05, 0.1) is 9.92 Å². The highest BCUT2D eigenvalue weighted by Crippen LogP contribution is 2.32. The Labute approximate surface area is 192 Å². The van der Waals surface area contributed by atoms with Crippen LogP contribution in [-0.4, -0.2) is 41.9 Å². The van der Waals surface area contributed by atoms with E-state index in [0.717, 1.165) is 23.5 Å². The predicted octanol–water partition coefficient (Wildman–Crippen LogP) is 4.29. The quantitative estimate of drug-likeness (QED) is 0.566. The highest BCUT2D eigenvalue weighted by Gasteiger charge is 2.33. The van der Waals surface area contributed by atoms with Crippen molar-refractivity contribution in [2.75, 3.05) is 18.4 Å². The number of aromatic nitrogens is 2. The molecule has 1 saturated heterocycles. The SMILES string of the molecule is O=C(Nc1cccc(F)c1)c1nnc([C@H]2CCCN(S(=O)(=O)c3ccc(F)c(Cl)c3)C2)s1. The average Bonchev–Trinajstić information content (AvgIpc) is 3.26. The molecule has 1 atom stereocenters. The number of amides is 1. The zero-order chi connectivity index (χ0) is 22.9. The molecule has 3 aromatic rings. The van der Waals surface area contributed by atoms with Crippen molar-refractivity contribution in [3.63, 3.8) is 0 Å². The van der Waals surface area contributed by atoms with Crippen molar-refractivity contribution < 1.29 is 22.0 Å². The van der Waals surface area contributed by atoms with Crippen molar-refractivity contribution in [2.24, 2.45) is 0 Å². The highest BCUT2D eigenvalue weighted by atomic mass is 35.5. The molecule has 168 valence electrons. The normalized spacial score (nSPS) is 17.3. The van der Waals surface area contributed by atoms with Crippen LogP contribution < -0.4 is 5.32 Å². The maximum absolute atomic E-state index is 13.4. The van der Waals surface area contributed by atoms with Gasteiger partial charge in [0.25, 0.3) is 5.91 Å². The second-order valence-electron chi connectivity index (χ2n) is 7.19. The Kier molecular flexibility index (Phi) is 6.52. The number of nitrogens with one attached hydrogen (secondary N) is 1. The van der Waals surface area contributed by atoms with Gasteiger partial charge < -0.3 is 5.32 Å². The van der Waals surface area contributed by atoms with Crippen molar-refractivity contribution in [3.8, 4) is 0 Å². The maximum Gasteiger partial charge on any atom is 0.286 e. The molecule has 0 spiro atoms. The summed E-state index contributed by atoms with van der Waals surface area (Å²) < 4.78 is 54.0. The summed E-state index contributed by atoms with van der Waals surface area (Å²) in [6, 6.07) is 8.77. The summed E-state index contributed by atoms with van der Waals surface area (Å²) in [7, 11) is -3.87. The van der Waals surface area contributed by atoms with E-state index >= 15 is 0 Å². The highest BCUT2D eigenvalue weighted by molar-refractivity contribution is 7.89. The Bertz CT molecular complexity index is 1270. The van der Waals surface area contributed by atoms with Gasteiger partial charge in [-0.1, -0.05) is 29.0 Å². The number of hydrogen-bond donors (Lipinski definition) is 1. The van der Waals surface area contributed by atoms with Gasteiger partial charge in [0.2, 0.25) is 15.0 Å². The monoisotopic (exact) mass is 498 g/mol. The number of nitrogens with zero attached hydrogens (tertiary/aromatic N) is 3. The first kappa shape index (κ1) is 22.7. The molecule has 32 heavy (non-hydrogen) atoms. The molecule has 4 rings (SSSR count). The zero-order valence-corrected chi connectivity index (χ0v) is 18.9. The fourth-order valence-corrected chi connectivity index (χ4v) is 6.05. The Morgan fingerprint density at radius 2 is 2.00 bits per heavy atom. The van der Waals surface area contributed by atoms with Crippen molar-refractivity contribution in [2.45, 2.75) is 23.7 Å². The van der Waals surface area contributed by atoms with Gasteiger partial charge in [-0.3, -0.25) is 4.79 Å². The second kappa shape index (κ2) is 9.18. The number of rotatable bonds is 5. The van der Waals surface area contributed by atoms with Crippen molar-refractivity contribution >= 4 is 44.6 Å². The lowest BCUT2D eigenvalue weighted by atomic mass is 10.0. The van der Waals surface area contributed by atoms with E-state index in [0.29, 0.717) is 30.1 Å². The molecule has 0 aliphatic carbocycles. The van der Waals surface area contributed by atoms with Crippen molar-refractivity contribution in [1.82, 2.24) is 14.5 Å². The molecular weight excluding hydrogens is 482 g/mol. The number of halogens is 3. The number of benzene rings is 2. The summed E-state index contributed by atoms with van der Waals surface area (Å²) in [6.07, 6.45) is 1.26. The molecule has 0 radical (unpaired) electrons. The molecule has 1 aliphatic heterocycles. The molecule has 1 amide bonds. The van der Waals surface area contributed by atoms with Crippen molar-refractivity contribution in [1.29, 1.82) is 0 Å². The molecular formula is C20H17ClF2N4O3S2. The third-order valence-electron chi connectivity index (χ3n) is 4.98. The lowest BCUT2D eigenvalue weighted by Gasteiger charge is -2.30. The molecule has 1 fully saturated rings. The number of hydrogen-bond acceptors (Lipinski definition) is 6. The number of carbonyl (C=O) groups excluding carboxylic acids is 1. The van der Waals surface area contributed by atoms with Crippen LogP contribution in [0.3, 0.4) is 0 Å². The van der Waals surface area contributed by atoms with Gasteiger partial charge in [-0.15, -0.1) is 10.2 Å². The van der Waals surface area contributed by atoms with E-state index in [1.165, 1.54) is 28.6 Å². The molecule has 1 aromatic heterocycles. The van der Waals surface area contributed by atoms with Crippen LogP contribution in [0, 0.1) is 11.6 Å². The Morgan fingerprint density at radius 3 is 2.75 bits per heavy atom. The van der Waals surface area contributed by atoms with Gasteiger partial charge in [-0.05, 0) is 49.2 Å². The fraction of sp³-hybridized carbons (Fsp3) is 0.250. The number of sulfonamides is 1. The van der Waals surface area contributed by atoms with E-state index in [-0.39, 0.29) is 27.4 Å². The van der Waals surface area contributed by atoms with Gasteiger partial charge in [0.1, 0.15) is 16.6 Å². The van der Waals surface area contributed by atoms with Gasteiger partial charge in [0, 0.05) is 24.7 Å². The summed E-state index contributed by atoms with van der Waals surface area (Å²) in [5.74, 6) is -1.95. The molecule has 0 saturated carbocycles. The zero-order valence-electron chi connectivity index (χ0n) is 16.5. The number of anilines is 1. The molecule has 2 heterocycles. The molecule has 1 N–H and O–H groups in total. The Balaban J connectivity index is 1.48. The molecule has 2 aromatic carbocycles. The minimum Gasteiger partial charge on any atom is -0.320 e. The van der Waals surface area contributed by atoms with Gasteiger partial charge in [-0.25, -0.2) is 17.2 Å². The first-order chi connectivity index (χ1) is 15.2. The van der Waals surface area contributed by atoms with E-state index in [2.05, 4.69) is 15.5 Å². The summed E-state index contributed by atoms with van der Waals surface area (Å²) in [5.41, 5.74) is 0.291. The number of piperidine rings is 1. The second-order valence-corrected chi connectivity index (χ2v) is 10.5. The first-order valence-electron chi connectivity index (χ1n) is 9.59. The lowest BCUT2D eigenvalue weighted by Crippen LogP contribution is -2.39. The van der Waals surface area contributed by atoms with E-state index in [9.17, 15) is 22.0 Å². The third-order valence-corrected chi connectivity index (χ3v) is 8.21. The van der Waals surface area contributed by atoms with Crippen LogP contribution >= 0.6 is 22.9 Å². The van der Waals surface area contributed by atoms with Crippen LogP contribution in [-0.2, 0) is 10.0 Å². The van der Waals surface area contributed by atoms with Gasteiger partial charge in [0.15, 0.2) is 0 Å². The predicted molar refractivity (Wildman–Crippen MR) is 116 cm³/mol. The van der Waals surface area contributed by atoms with Gasteiger partial charge in [-0.2, -0.15) is 4.31 Å².